The van der Waals surface area contributed by atoms with E-state index in [1.807, 2.05) is 14.1 Å². The molecule has 0 spiro atoms. The summed E-state index contributed by atoms with van der Waals surface area (Å²) < 4.78 is 0. The van der Waals surface area contributed by atoms with Gasteiger partial charge in [0.25, 0.3) is 0 Å². The van der Waals surface area contributed by atoms with Crippen molar-refractivity contribution in [2.75, 3.05) is 20.6 Å². The standard InChI is InChI=1S/C43H79N3O/c1-5-7-9-11-13-15-17-19-21-23-25-27-29-31-33-35-37-41-42(46(41)44-43(47)39-40-45(3)4)38-36-34-32-30-28-26-24-22-20-18-16-14-12-10-8-6-2/h13-16,19-22,41-42H,5-12,17-18,23-40H2,1-4H3,(H,44,47)/b15-13-,16-14-,21-19-,22-20-. The predicted molar refractivity (Wildman–Crippen MR) is 209 cm³/mol. The van der Waals surface area contributed by atoms with Crippen LogP contribution in [0.3, 0.4) is 0 Å². The Hall–Kier alpha value is -1.65. The summed E-state index contributed by atoms with van der Waals surface area (Å²) in [7, 11) is 4.07. The lowest BCUT2D eigenvalue weighted by Gasteiger charge is -2.11. The van der Waals surface area contributed by atoms with E-state index in [1.165, 1.54) is 154 Å². The van der Waals surface area contributed by atoms with Crippen LogP contribution in [0.5, 0.6) is 0 Å². The maximum Gasteiger partial charge on any atom is 0.235 e. The van der Waals surface area contributed by atoms with E-state index >= 15 is 0 Å². The molecule has 1 aliphatic rings. The second kappa shape index (κ2) is 32.9. The average molecular weight is 654 g/mol. The average Bonchev–Trinajstić information content (AvgIpc) is 3.72. The third kappa shape index (κ3) is 27.9. The van der Waals surface area contributed by atoms with Crippen molar-refractivity contribution in [3.8, 4) is 0 Å². The topological polar surface area (TPSA) is 35.4 Å². The maximum atomic E-state index is 12.5. The third-order valence-electron chi connectivity index (χ3n) is 9.51. The molecule has 0 bridgehead atoms. The van der Waals surface area contributed by atoms with E-state index in [4.69, 9.17) is 0 Å². The molecular formula is C43H79N3O. The van der Waals surface area contributed by atoms with Gasteiger partial charge < -0.3 is 4.90 Å². The first-order valence-electron chi connectivity index (χ1n) is 20.4. The van der Waals surface area contributed by atoms with Crippen LogP contribution in [0.1, 0.15) is 187 Å². The zero-order valence-corrected chi connectivity index (χ0v) is 31.9. The molecule has 0 radical (unpaired) electrons. The Kier molecular flexibility index (Phi) is 30.3. The van der Waals surface area contributed by atoms with Gasteiger partial charge in [-0.2, -0.15) is 0 Å². The first-order valence-corrected chi connectivity index (χ1v) is 20.4. The molecule has 1 rings (SSSR count). The monoisotopic (exact) mass is 654 g/mol. The fraction of sp³-hybridized carbons (Fsp3) is 0.791. The minimum atomic E-state index is 0.181. The number of unbranched alkanes of at least 4 members (excludes halogenated alkanes) is 18. The Morgan fingerprint density at radius 3 is 1.28 bits per heavy atom. The molecule has 4 nitrogen and oxygen atoms in total. The second-order valence-electron chi connectivity index (χ2n) is 14.4. The van der Waals surface area contributed by atoms with Gasteiger partial charge in [-0.25, -0.2) is 5.01 Å². The van der Waals surface area contributed by atoms with Crippen molar-refractivity contribution in [3.05, 3.63) is 48.6 Å². The summed E-state index contributed by atoms with van der Waals surface area (Å²) in [6, 6.07) is 1.12. The fourth-order valence-corrected chi connectivity index (χ4v) is 6.37. The number of allylic oxidation sites excluding steroid dienone is 8. The summed E-state index contributed by atoms with van der Waals surface area (Å²) in [6.07, 6.45) is 52.9. The first-order chi connectivity index (χ1) is 23.1. The minimum Gasteiger partial charge on any atom is -0.309 e. The van der Waals surface area contributed by atoms with Crippen LogP contribution < -0.4 is 5.43 Å². The van der Waals surface area contributed by atoms with Crippen LogP contribution in [0.25, 0.3) is 0 Å². The lowest BCUT2D eigenvalue weighted by Crippen LogP contribution is -2.33. The number of hydrogen-bond donors (Lipinski definition) is 1. The molecule has 1 saturated heterocycles. The Morgan fingerprint density at radius 2 is 0.894 bits per heavy atom. The van der Waals surface area contributed by atoms with E-state index in [-0.39, 0.29) is 5.91 Å². The van der Waals surface area contributed by atoms with Gasteiger partial charge >= 0.3 is 0 Å². The number of amides is 1. The zero-order valence-electron chi connectivity index (χ0n) is 31.9. The molecule has 0 aromatic rings. The van der Waals surface area contributed by atoms with Crippen molar-refractivity contribution in [1.29, 1.82) is 0 Å². The van der Waals surface area contributed by atoms with Crippen LogP contribution in [0, 0.1) is 0 Å². The highest BCUT2D eigenvalue weighted by molar-refractivity contribution is 5.75. The van der Waals surface area contributed by atoms with Crippen LogP contribution >= 0.6 is 0 Å². The number of nitrogens with one attached hydrogen (secondary N) is 1. The summed E-state index contributed by atoms with van der Waals surface area (Å²) in [5, 5.41) is 2.30. The number of carbonyl (C=O) groups excluding carboxylic acids is 1. The molecule has 1 heterocycles. The second-order valence-corrected chi connectivity index (χ2v) is 14.4. The number of rotatable bonds is 34. The van der Waals surface area contributed by atoms with Crippen LogP contribution in [0.15, 0.2) is 48.6 Å². The van der Waals surface area contributed by atoms with E-state index < -0.39 is 0 Å². The fourth-order valence-electron chi connectivity index (χ4n) is 6.37. The van der Waals surface area contributed by atoms with E-state index in [2.05, 4.69) is 77.8 Å². The predicted octanol–water partition coefficient (Wildman–Crippen LogP) is 12.4. The lowest BCUT2D eigenvalue weighted by molar-refractivity contribution is -0.124. The molecule has 1 fully saturated rings. The van der Waals surface area contributed by atoms with Gasteiger partial charge in [0.2, 0.25) is 5.91 Å². The van der Waals surface area contributed by atoms with Crippen molar-refractivity contribution >= 4 is 5.91 Å². The minimum absolute atomic E-state index is 0.181. The summed E-state index contributed by atoms with van der Waals surface area (Å²) in [5.74, 6) is 0.181. The van der Waals surface area contributed by atoms with Crippen molar-refractivity contribution in [2.45, 2.75) is 199 Å². The van der Waals surface area contributed by atoms with Crippen molar-refractivity contribution < 1.29 is 4.79 Å². The normalized spacial score (nSPS) is 18.2. The number of hydrazine groups is 1. The van der Waals surface area contributed by atoms with Gasteiger partial charge in [0.1, 0.15) is 0 Å². The van der Waals surface area contributed by atoms with Gasteiger partial charge in [-0.15, -0.1) is 0 Å². The third-order valence-corrected chi connectivity index (χ3v) is 9.51. The molecule has 1 N–H and O–H groups in total. The van der Waals surface area contributed by atoms with E-state index in [9.17, 15) is 4.79 Å². The molecule has 0 aromatic heterocycles. The summed E-state index contributed by atoms with van der Waals surface area (Å²) in [4.78, 5) is 14.6. The zero-order chi connectivity index (χ0) is 34.0. The Balaban J connectivity index is 2.12. The van der Waals surface area contributed by atoms with Crippen molar-refractivity contribution in [2.24, 2.45) is 0 Å². The van der Waals surface area contributed by atoms with Gasteiger partial charge in [-0.05, 0) is 91.1 Å². The molecule has 0 aliphatic carbocycles. The molecule has 2 unspecified atom stereocenters. The van der Waals surface area contributed by atoms with Crippen LogP contribution in [0.4, 0.5) is 0 Å². The van der Waals surface area contributed by atoms with Crippen molar-refractivity contribution in [3.63, 3.8) is 0 Å². The van der Waals surface area contributed by atoms with Crippen molar-refractivity contribution in [1.82, 2.24) is 15.3 Å². The highest BCUT2D eigenvalue weighted by Gasteiger charge is 2.47. The SMILES string of the molecule is CCCCC/C=C\C/C=C\CCCCCCCCC1C(CCCCCCCC/C=C\C/C=C\CCCCC)N1NC(=O)CCN(C)C. The summed E-state index contributed by atoms with van der Waals surface area (Å²) in [6.45, 7) is 5.34. The Labute approximate surface area is 294 Å². The number of carbonyl (C=O) groups is 1. The number of hydrogen-bond acceptors (Lipinski definition) is 3. The largest absolute Gasteiger partial charge is 0.309 e. The molecule has 47 heavy (non-hydrogen) atoms. The molecular weight excluding hydrogens is 574 g/mol. The smallest absolute Gasteiger partial charge is 0.235 e. The van der Waals surface area contributed by atoms with Gasteiger partial charge in [-0.1, -0.05) is 152 Å². The van der Waals surface area contributed by atoms with Gasteiger partial charge in [0, 0.05) is 25.0 Å². The van der Waals surface area contributed by atoms with E-state index in [0.29, 0.717) is 18.5 Å². The quantitative estimate of drug-likeness (QED) is 0.0426. The molecule has 0 saturated carbocycles. The van der Waals surface area contributed by atoms with Crippen LogP contribution in [0.2, 0.25) is 0 Å². The highest BCUT2D eigenvalue weighted by Crippen LogP contribution is 2.34. The molecule has 1 aliphatic heterocycles. The van der Waals surface area contributed by atoms with Crippen LogP contribution in [-0.4, -0.2) is 48.5 Å². The lowest BCUT2D eigenvalue weighted by atomic mass is 10.0. The van der Waals surface area contributed by atoms with Gasteiger partial charge in [0.05, 0.1) is 0 Å². The van der Waals surface area contributed by atoms with Gasteiger partial charge in [-0.3, -0.25) is 10.2 Å². The highest BCUT2D eigenvalue weighted by atomic mass is 16.2. The Bertz CT molecular complexity index is 760. The first kappa shape index (κ1) is 43.4. The Morgan fingerprint density at radius 1 is 0.532 bits per heavy atom. The van der Waals surface area contributed by atoms with E-state index in [0.717, 1.165) is 19.4 Å². The molecule has 4 heteroatoms. The molecule has 0 aromatic carbocycles. The summed E-state index contributed by atoms with van der Waals surface area (Å²) >= 11 is 0. The van der Waals surface area contributed by atoms with Crippen LogP contribution in [-0.2, 0) is 4.79 Å². The molecule has 2 atom stereocenters. The van der Waals surface area contributed by atoms with E-state index in [1.54, 1.807) is 0 Å². The maximum absolute atomic E-state index is 12.5. The number of nitrogens with zero attached hydrogens (tertiary/aromatic N) is 2. The molecule has 272 valence electrons. The van der Waals surface area contributed by atoms with Gasteiger partial charge in [0.15, 0.2) is 0 Å². The molecule has 1 amide bonds. The summed E-state index contributed by atoms with van der Waals surface area (Å²) in [5.41, 5.74) is 3.27.